The predicted molar refractivity (Wildman–Crippen MR) is 101 cm³/mol. The average molecular weight is 350 g/mol. The summed E-state index contributed by atoms with van der Waals surface area (Å²) in [5, 5.41) is 9.38. The quantitative estimate of drug-likeness (QED) is 0.576. The molecule has 2 heterocycles. The van der Waals surface area contributed by atoms with Crippen molar-refractivity contribution >= 4 is 34.1 Å². The zero-order valence-electron chi connectivity index (χ0n) is 13.6. The van der Waals surface area contributed by atoms with E-state index in [-0.39, 0.29) is 0 Å². The Balaban J connectivity index is 1.86. The Kier molecular flexibility index (Phi) is 4.07. The summed E-state index contributed by atoms with van der Waals surface area (Å²) in [5.41, 5.74) is 2.62. The Bertz CT molecular complexity index is 1030. The number of nitrogens with one attached hydrogen (secondary N) is 1. The van der Waals surface area contributed by atoms with Gasteiger partial charge in [-0.15, -0.1) is 0 Å². The van der Waals surface area contributed by atoms with Gasteiger partial charge in [-0.05, 0) is 30.3 Å². The van der Waals surface area contributed by atoms with Crippen molar-refractivity contribution in [2.45, 2.75) is 13.3 Å². The van der Waals surface area contributed by atoms with Gasteiger partial charge in [-0.2, -0.15) is 5.10 Å². The van der Waals surface area contributed by atoms with Crippen LogP contribution in [-0.2, 0) is 6.42 Å². The number of rotatable bonds is 4. The van der Waals surface area contributed by atoms with E-state index in [1.165, 1.54) is 0 Å². The number of nitrogens with zero attached hydrogens (tertiary/aromatic N) is 4. The SMILES string of the molecule is CCc1nc(Nc2cccc(Cl)c2)c2cnn(-c3ccccc3)c2n1. The van der Waals surface area contributed by atoms with Gasteiger partial charge in [-0.1, -0.05) is 42.8 Å². The number of para-hydroxylation sites is 1. The molecule has 0 amide bonds. The van der Waals surface area contributed by atoms with Crippen LogP contribution in [0.3, 0.4) is 0 Å². The fourth-order valence-corrected chi connectivity index (χ4v) is 2.86. The van der Waals surface area contributed by atoms with Crippen molar-refractivity contribution in [1.82, 2.24) is 19.7 Å². The summed E-state index contributed by atoms with van der Waals surface area (Å²) in [6.07, 6.45) is 2.52. The average Bonchev–Trinajstić information content (AvgIpc) is 3.06. The second kappa shape index (κ2) is 6.53. The smallest absolute Gasteiger partial charge is 0.168 e. The van der Waals surface area contributed by atoms with Crippen LogP contribution < -0.4 is 5.32 Å². The summed E-state index contributed by atoms with van der Waals surface area (Å²) in [4.78, 5) is 9.31. The first-order chi connectivity index (χ1) is 12.2. The molecule has 0 radical (unpaired) electrons. The standard InChI is InChI=1S/C19H16ClN5/c1-2-17-23-18(22-14-8-6-7-13(20)11-14)16-12-21-25(19(16)24-17)15-9-4-3-5-10-15/h3-12H,2H2,1H3,(H,22,23,24). The minimum absolute atomic E-state index is 0.672. The number of anilines is 2. The van der Waals surface area contributed by atoms with Gasteiger partial charge in [0.25, 0.3) is 0 Å². The molecule has 0 saturated heterocycles. The van der Waals surface area contributed by atoms with Crippen molar-refractivity contribution in [3.8, 4) is 5.69 Å². The molecule has 4 aromatic rings. The summed E-state index contributed by atoms with van der Waals surface area (Å²) in [7, 11) is 0. The Morgan fingerprint density at radius 3 is 2.64 bits per heavy atom. The summed E-state index contributed by atoms with van der Waals surface area (Å²) in [5.74, 6) is 1.49. The molecule has 2 aromatic heterocycles. The van der Waals surface area contributed by atoms with Crippen LogP contribution in [0.4, 0.5) is 11.5 Å². The molecule has 0 atom stereocenters. The van der Waals surface area contributed by atoms with Gasteiger partial charge in [0, 0.05) is 17.1 Å². The third-order valence-electron chi connectivity index (χ3n) is 3.88. The summed E-state index contributed by atoms with van der Waals surface area (Å²) in [6.45, 7) is 2.04. The zero-order chi connectivity index (χ0) is 17.2. The fraction of sp³-hybridized carbons (Fsp3) is 0.105. The highest BCUT2D eigenvalue weighted by molar-refractivity contribution is 6.30. The number of benzene rings is 2. The number of fused-ring (bicyclic) bond motifs is 1. The van der Waals surface area contributed by atoms with Crippen molar-refractivity contribution in [1.29, 1.82) is 0 Å². The monoisotopic (exact) mass is 349 g/mol. The van der Waals surface area contributed by atoms with Gasteiger partial charge in [0.1, 0.15) is 11.6 Å². The highest BCUT2D eigenvalue weighted by Crippen LogP contribution is 2.26. The normalized spacial score (nSPS) is 11.0. The Hall–Kier alpha value is -2.92. The first kappa shape index (κ1) is 15.6. The number of aromatic nitrogens is 4. The van der Waals surface area contributed by atoms with Crippen LogP contribution in [0.15, 0.2) is 60.8 Å². The van der Waals surface area contributed by atoms with E-state index in [4.69, 9.17) is 11.6 Å². The van der Waals surface area contributed by atoms with E-state index < -0.39 is 0 Å². The van der Waals surface area contributed by atoms with Gasteiger partial charge in [-0.3, -0.25) is 0 Å². The molecular weight excluding hydrogens is 334 g/mol. The lowest BCUT2D eigenvalue weighted by molar-refractivity contribution is 0.878. The van der Waals surface area contributed by atoms with Gasteiger partial charge >= 0.3 is 0 Å². The van der Waals surface area contributed by atoms with E-state index in [1.54, 1.807) is 6.20 Å². The molecule has 5 nitrogen and oxygen atoms in total. The molecule has 0 aliphatic rings. The molecule has 124 valence electrons. The minimum atomic E-state index is 0.672. The van der Waals surface area contributed by atoms with Crippen molar-refractivity contribution in [2.75, 3.05) is 5.32 Å². The third-order valence-corrected chi connectivity index (χ3v) is 4.11. The van der Waals surface area contributed by atoms with Crippen molar-refractivity contribution in [3.63, 3.8) is 0 Å². The summed E-state index contributed by atoms with van der Waals surface area (Å²) in [6, 6.07) is 17.5. The highest BCUT2D eigenvalue weighted by atomic mass is 35.5. The second-order valence-electron chi connectivity index (χ2n) is 5.61. The molecule has 0 saturated carbocycles. The van der Waals surface area contributed by atoms with Crippen molar-refractivity contribution in [3.05, 3.63) is 71.6 Å². The second-order valence-corrected chi connectivity index (χ2v) is 6.04. The Morgan fingerprint density at radius 1 is 1.04 bits per heavy atom. The molecule has 0 aliphatic carbocycles. The Morgan fingerprint density at radius 2 is 1.88 bits per heavy atom. The topological polar surface area (TPSA) is 55.6 Å². The molecule has 0 unspecified atom stereocenters. The number of aryl methyl sites for hydroxylation is 1. The van der Waals surface area contributed by atoms with Crippen LogP contribution >= 0.6 is 11.6 Å². The van der Waals surface area contributed by atoms with E-state index in [0.29, 0.717) is 5.02 Å². The summed E-state index contributed by atoms with van der Waals surface area (Å²) < 4.78 is 1.83. The lowest BCUT2D eigenvalue weighted by Crippen LogP contribution is -2.03. The van der Waals surface area contributed by atoms with Crippen LogP contribution in [0.5, 0.6) is 0 Å². The van der Waals surface area contributed by atoms with Crippen molar-refractivity contribution in [2.24, 2.45) is 0 Å². The molecule has 6 heteroatoms. The molecule has 4 rings (SSSR count). The minimum Gasteiger partial charge on any atom is -0.339 e. The largest absolute Gasteiger partial charge is 0.339 e. The Labute approximate surface area is 150 Å². The summed E-state index contributed by atoms with van der Waals surface area (Å²) >= 11 is 6.08. The van der Waals surface area contributed by atoms with Gasteiger partial charge in [0.2, 0.25) is 0 Å². The van der Waals surface area contributed by atoms with Gasteiger partial charge in [-0.25, -0.2) is 14.6 Å². The van der Waals surface area contributed by atoms with Crippen LogP contribution in [0.25, 0.3) is 16.7 Å². The van der Waals surface area contributed by atoms with E-state index in [1.807, 2.05) is 66.2 Å². The molecular formula is C19H16ClN5. The highest BCUT2D eigenvalue weighted by Gasteiger charge is 2.13. The maximum atomic E-state index is 6.08. The van der Waals surface area contributed by atoms with E-state index in [2.05, 4.69) is 20.4 Å². The van der Waals surface area contributed by atoms with Crippen LogP contribution in [0, 0.1) is 0 Å². The van der Waals surface area contributed by atoms with Crippen LogP contribution in [0.2, 0.25) is 5.02 Å². The number of hydrogen-bond acceptors (Lipinski definition) is 4. The molecule has 0 bridgehead atoms. The predicted octanol–water partition coefficient (Wildman–Crippen LogP) is 4.77. The first-order valence-corrected chi connectivity index (χ1v) is 8.45. The molecule has 0 spiro atoms. The van der Waals surface area contributed by atoms with E-state index in [0.717, 1.165) is 40.5 Å². The maximum absolute atomic E-state index is 6.08. The van der Waals surface area contributed by atoms with Crippen molar-refractivity contribution < 1.29 is 0 Å². The molecule has 0 aliphatic heterocycles. The molecule has 0 fully saturated rings. The zero-order valence-corrected chi connectivity index (χ0v) is 14.4. The number of hydrogen-bond donors (Lipinski definition) is 1. The third kappa shape index (κ3) is 3.06. The molecule has 1 N–H and O–H groups in total. The molecule has 2 aromatic carbocycles. The van der Waals surface area contributed by atoms with Crippen LogP contribution in [0.1, 0.15) is 12.7 Å². The lowest BCUT2D eigenvalue weighted by atomic mass is 10.3. The van der Waals surface area contributed by atoms with Gasteiger partial charge < -0.3 is 5.32 Å². The van der Waals surface area contributed by atoms with E-state index in [9.17, 15) is 0 Å². The maximum Gasteiger partial charge on any atom is 0.168 e. The van der Waals surface area contributed by atoms with Gasteiger partial charge in [0.05, 0.1) is 17.3 Å². The fourth-order valence-electron chi connectivity index (χ4n) is 2.67. The lowest BCUT2D eigenvalue weighted by Gasteiger charge is -2.09. The molecule has 25 heavy (non-hydrogen) atoms. The first-order valence-electron chi connectivity index (χ1n) is 8.07. The van der Waals surface area contributed by atoms with Crippen LogP contribution in [-0.4, -0.2) is 19.7 Å². The van der Waals surface area contributed by atoms with E-state index >= 15 is 0 Å². The van der Waals surface area contributed by atoms with Gasteiger partial charge in [0.15, 0.2) is 5.65 Å². The number of halogens is 1.